The monoisotopic (exact) mass is 459 g/mol. The maximum Gasteiger partial charge on any atom is 0.177 e. The van der Waals surface area contributed by atoms with Gasteiger partial charge < -0.3 is 0 Å². The first-order valence-corrected chi connectivity index (χ1v) is 13.1. The standard InChI is InChI=1S/C21H25N5O3S2/c1-8-30(27)21-19(24-26-14(5)12(3)11(2)13(4)20(21)26)18-15(6)25-17(23-18)9-16(10-22-25)31(7,28)29/h9-10H,8H2,1-7H3. The van der Waals surface area contributed by atoms with E-state index in [0.29, 0.717) is 33.4 Å². The Balaban J connectivity index is 2.12. The number of fused-ring (bicyclic) bond motifs is 2. The van der Waals surface area contributed by atoms with E-state index in [-0.39, 0.29) is 4.90 Å². The Morgan fingerprint density at radius 1 is 0.968 bits per heavy atom. The fraction of sp³-hybridized carbons (Fsp3) is 0.381. The molecule has 0 aromatic carbocycles. The highest BCUT2D eigenvalue weighted by molar-refractivity contribution is 7.90. The van der Waals surface area contributed by atoms with Crippen LogP contribution in [0.25, 0.3) is 22.6 Å². The molecule has 0 radical (unpaired) electrons. The van der Waals surface area contributed by atoms with Crippen LogP contribution in [0.5, 0.6) is 0 Å². The molecule has 1 atom stereocenters. The summed E-state index contributed by atoms with van der Waals surface area (Å²) in [5.41, 5.74) is 7.36. The van der Waals surface area contributed by atoms with Gasteiger partial charge in [-0.05, 0) is 51.3 Å². The number of aryl methyl sites for hydroxylation is 3. The number of imidazole rings is 1. The van der Waals surface area contributed by atoms with Gasteiger partial charge in [-0.15, -0.1) is 0 Å². The molecule has 0 N–H and O–H groups in total. The molecule has 0 amide bonds. The molecule has 0 saturated carbocycles. The Bertz CT molecular complexity index is 1510. The van der Waals surface area contributed by atoms with Crippen molar-refractivity contribution in [3.63, 3.8) is 0 Å². The lowest BCUT2D eigenvalue weighted by Crippen LogP contribution is -2.03. The van der Waals surface area contributed by atoms with Gasteiger partial charge in [-0.25, -0.2) is 22.4 Å². The number of sulfone groups is 1. The molecule has 0 aliphatic heterocycles. The highest BCUT2D eigenvalue weighted by atomic mass is 32.2. The normalized spacial score (nSPS) is 13.4. The van der Waals surface area contributed by atoms with Gasteiger partial charge in [-0.1, -0.05) is 6.92 Å². The van der Waals surface area contributed by atoms with Gasteiger partial charge in [0.1, 0.15) is 11.4 Å². The van der Waals surface area contributed by atoms with Crippen LogP contribution in [0.1, 0.15) is 35.0 Å². The van der Waals surface area contributed by atoms with Crippen LogP contribution in [0.4, 0.5) is 0 Å². The lowest BCUT2D eigenvalue weighted by Gasteiger charge is -2.12. The molecule has 0 aliphatic rings. The molecule has 4 aromatic heterocycles. The zero-order valence-corrected chi connectivity index (χ0v) is 20.3. The van der Waals surface area contributed by atoms with Crippen LogP contribution in [0.3, 0.4) is 0 Å². The molecule has 8 nitrogen and oxygen atoms in total. The van der Waals surface area contributed by atoms with E-state index in [1.165, 1.54) is 12.3 Å². The number of pyridine rings is 1. The molecule has 4 heterocycles. The molecule has 10 heteroatoms. The first-order valence-electron chi connectivity index (χ1n) is 9.90. The highest BCUT2D eigenvalue weighted by Crippen LogP contribution is 2.35. The van der Waals surface area contributed by atoms with Crippen molar-refractivity contribution < 1.29 is 12.6 Å². The molecule has 164 valence electrons. The average Bonchev–Trinajstić information content (AvgIpc) is 3.27. The number of hydrogen-bond acceptors (Lipinski definition) is 6. The Morgan fingerprint density at radius 3 is 2.26 bits per heavy atom. The van der Waals surface area contributed by atoms with Gasteiger partial charge in [-0.3, -0.25) is 4.21 Å². The van der Waals surface area contributed by atoms with Gasteiger partial charge in [0.15, 0.2) is 15.5 Å². The van der Waals surface area contributed by atoms with Crippen molar-refractivity contribution in [3.05, 3.63) is 40.3 Å². The minimum absolute atomic E-state index is 0.0989. The summed E-state index contributed by atoms with van der Waals surface area (Å²) in [5.74, 6) is 0.447. The van der Waals surface area contributed by atoms with Crippen LogP contribution in [0, 0.1) is 34.6 Å². The van der Waals surface area contributed by atoms with E-state index in [1.807, 2.05) is 32.2 Å². The van der Waals surface area contributed by atoms with Crippen molar-refractivity contribution in [2.24, 2.45) is 0 Å². The molecule has 4 aromatic rings. The zero-order valence-electron chi connectivity index (χ0n) is 18.6. The zero-order chi connectivity index (χ0) is 22.8. The Labute approximate surface area is 183 Å². The van der Waals surface area contributed by atoms with E-state index >= 15 is 0 Å². The van der Waals surface area contributed by atoms with Crippen molar-refractivity contribution in [1.82, 2.24) is 24.2 Å². The van der Waals surface area contributed by atoms with Crippen molar-refractivity contribution in [2.45, 2.75) is 51.3 Å². The Morgan fingerprint density at radius 2 is 1.65 bits per heavy atom. The van der Waals surface area contributed by atoms with Gasteiger partial charge >= 0.3 is 0 Å². The summed E-state index contributed by atoms with van der Waals surface area (Å²) in [5, 5.41) is 9.11. The lowest BCUT2D eigenvalue weighted by molar-refractivity contribution is 0.601. The van der Waals surface area contributed by atoms with E-state index in [1.54, 1.807) is 4.52 Å². The van der Waals surface area contributed by atoms with Crippen LogP contribution in [0.2, 0.25) is 0 Å². The summed E-state index contributed by atoms with van der Waals surface area (Å²) in [4.78, 5) is 5.41. The minimum Gasteiger partial charge on any atom is -0.254 e. The SMILES string of the molecule is CCS(=O)c1c(-c2nc3cc(S(C)(=O)=O)cnn3c2C)nn2c(C)c(C)c(C)c(C)c12. The Kier molecular flexibility index (Phi) is 5.05. The summed E-state index contributed by atoms with van der Waals surface area (Å²) < 4.78 is 40.5. The fourth-order valence-corrected chi connectivity index (χ4v) is 5.50. The van der Waals surface area contributed by atoms with Crippen LogP contribution in [0.15, 0.2) is 22.1 Å². The molecule has 0 bridgehead atoms. The van der Waals surface area contributed by atoms with E-state index in [9.17, 15) is 12.6 Å². The third-order valence-corrected chi connectivity index (χ3v) is 8.45. The summed E-state index contributed by atoms with van der Waals surface area (Å²) in [7, 11) is -4.69. The number of rotatable bonds is 4. The molecular formula is C21H25N5O3S2. The molecule has 0 spiro atoms. The third-order valence-electron chi connectivity index (χ3n) is 6.00. The number of hydrogen-bond donors (Lipinski definition) is 0. The lowest BCUT2D eigenvalue weighted by atomic mass is 10.0. The molecule has 31 heavy (non-hydrogen) atoms. The van der Waals surface area contributed by atoms with Gasteiger partial charge in [0.05, 0.1) is 38.0 Å². The summed E-state index contributed by atoms with van der Waals surface area (Å²) in [6.07, 6.45) is 2.45. The first kappa shape index (κ1) is 21.6. The van der Waals surface area contributed by atoms with E-state index in [2.05, 4.69) is 23.9 Å². The number of aromatic nitrogens is 5. The van der Waals surface area contributed by atoms with Crippen LogP contribution >= 0.6 is 0 Å². The first-order chi connectivity index (χ1) is 14.5. The Hall–Kier alpha value is -2.59. The summed E-state index contributed by atoms with van der Waals surface area (Å²) in [6.45, 7) is 11.9. The van der Waals surface area contributed by atoms with Crippen LogP contribution < -0.4 is 0 Å². The van der Waals surface area contributed by atoms with Crippen LogP contribution in [-0.2, 0) is 20.6 Å². The number of nitrogens with zero attached hydrogens (tertiary/aromatic N) is 5. The fourth-order valence-electron chi connectivity index (χ4n) is 3.84. The summed E-state index contributed by atoms with van der Waals surface area (Å²) >= 11 is 0. The van der Waals surface area contributed by atoms with Crippen molar-refractivity contribution >= 4 is 31.8 Å². The largest absolute Gasteiger partial charge is 0.254 e. The topological polar surface area (TPSA) is 98.7 Å². The average molecular weight is 460 g/mol. The van der Waals surface area contributed by atoms with Crippen molar-refractivity contribution in [2.75, 3.05) is 12.0 Å². The van der Waals surface area contributed by atoms with Gasteiger partial charge in [0.25, 0.3) is 0 Å². The van der Waals surface area contributed by atoms with Gasteiger partial charge in [0.2, 0.25) is 0 Å². The second-order valence-corrected chi connectivity index (χ2v) is 11.5. The predicted molar refractivity (Wildman–Crippen MR) is 121 cm³/mol. The maximum absolute atomic E-state index is 13.2. The molecule has 0 saturated heterocycles. The molecule has 4 rings (SSSR count). The van der Waals surface area contributed by atoms with E-state index in [4.69, 9.17) is 5.10 Å². The maximum atomic E-state index is 13.2. The summed E-state index contributed by atoms with van der Waals surface area (Å²) in [6, 6.07) is 1.50. The second kappa shape index (κ2) is 7.23. The smallest absolute Gasteiger partial charge is 0.177 e. The van der Waals surface area contributed by atoms with Crippen molar-refractivity contribution in [3.8, 4) is 11.4 Å². The van der Waals surface area contributed by atoms with Crippen molar-refractivity contribution in [1.29, 1.82) is 0 Å². The molecule has 0 fully saturated rings. The minimum atomic E-state index is -3.41. The van der Waals surface area contributed by atoms with Crippen LogP contribution in [-0.4, -0.2) is 48.8 Å². The van der Waals surface area contributed by atoms with Gasteiger partial charge in [0, 0.05) is 23.8 Å². The van der Waals surface area contributed by atoms with Gasteiger partial charge in [-0.2, -0.15) is 10.2 Å². The van der Waals surface area contributed by atoms with E-state index < -0.39 is 20.6 Å². The molecule has 0 aliphatic carbocycles. The predicted octanol–water partition coefficient (Wildman–Crippen LogP) is 3.12. The molecular weight excluding hydrogens is 434 g/mol. The molecule has 1 unspecified atom stereocenters. The highest BCUT2D eigenvalue weighted by Gasteiger charge is 2.27. The quantitative estimate of drug-likeness (QED) is 0.465. The third kappa shape index (κ3) is 3.20. The second-order valence-electron chi connectivity index (χ2n) is 7.81. The van der Waals surface area contributed by atoms with E-state index in [0.717, 1.165) is 34.2 Å².